The monoisotopic (exact) mass is 339 g/mol. The highest BCUT2D eigenvalue weighted by Crippen LogP contribution is 2.29. The molecule has 1 aliphatic heterocycles. The van der Waals surface area contributed by atoms with E-state index in [1.165, 1.54) is 32.1 Å². The Hall–Kier alpha value is -1.17. The zero-order valence-electron chi connectivity index (χ0n) is 15.5. The first kappa shape index (κ1) is 19.2. The number of nitroso groups, excluding NO2 is 1. The van der Waals surface area contributed by atoms with Crippen molar-refractivity contribution in [3.8, 4) is 0 Å². The van der Waals surface area contributed by atoms with Crippen LogP contribution in [0.3, 0.4) is 0 Å². The molecule has 0 radical (unpaired) electrons. The van der Waals surface area contributed by atoms with E-state index in [9.17, 15) is 9.70 Å². The molecule has 1 atom stereocenters. The number of ether oxygens (including phenoxy) is 1. The highest BCUT2D eigenvalue weighted by molar-refractivity contribution is 5.68. The number of hydrogen-bond donors (Lipinski definition) is 0. The van der Waals surface area contributed by atoms with Crippen molar-refractivity contribution in [2.24, 2.45) is 11.1 Å². The van der Waals surface area contributed by atoms with Gasteiger partial charge in [-0.2, -0.15) is 4.91 Å². The third-order valence-electron chi connectivity index (χ3n) is 5.10. The van der Waals surface area contributed by atoms with Crippen LogP contribution in [-0.4, -0.2) is 60.3 Å². The Kier molecular flexibility index (Phi) is 7.02. The lowest BCUT2D eigenvalue weighted by Crippen LogP contribution is -2.53. The van der Waals surface area contributed by atoms with Crippen molar-refractivity contribution in [1.82, 2.24) is 9.80 Å². The zero-order valence-corrected chi connectivity index (χ0v) is 15.5. The molecular weight excluding hydrogens is 306 g/mol. The summed E-state index contributed by atoms with van der Waals surface area (Å²) in [5, 5.41) is 3.18. The molecule has 6 heteroatoms. The summed E-state index contributed by atoms with van der Waals surface area (Å²) in [5.41, 5.74) is -0.459. The fraction of sp³-hybridized carbons (Fsp3) is 0.944. The summed E-state index contributed by atoms with van der Waals surface area (Å²) in [6.45, 7) is 8.94. The summed E-state index contributed by atoms with van der Waals surface area (Å²) in [5.74, 6) is 0.731. The molecule has 2 fully saturated rings. The Bertz CT molecular complexity index is 408. The van der Waals surface area contributed by atoms with Gasteiger partial charge in [-0.15, -0.1) is 0 Å². The van der Waals surface area contributed by atoms with Crippen molar-refractivity contribution in [3.63, 3.8) is 0 Å². The zero-order chi connectivity index (χ0) is 17.6. The quantitative estimate of drug-likeness (QED) is 0.717. The molecule has 0 spiro atoms. The van der Waals surface area contributed by atoms with Crippen LogP contribution in [0.25, 0.3) is 0 Å². The van der Waals surface area contributed by atoms with Crippen LogP contribution < -0.4 is 0 Å². The van der Waals surface area contributed by atoms with E-state index in [-0.39, 0.29) is 12.1 Å². The van der Waals surface area contributed by atoms with E-state index >= 15 is 0 Å². The molecule has 138 valence electrons. The smallest absolute Gasteiger partial charge is 0.410 e. The second-order valence-electron chi connectivity index (χ2n) is 8.21. The molecule has 0 aromatic carbocycles. The number of carbonyl (C=O) groups excluding carboxylic acids is 1. The molecule has 6 nitrogen and oxygen atoms in total. The molecule has 0 N–H and O–H groups in total. The lowest BCUT2D eigenvalue weighted by molar-refractivity contribution is 0.00916. The van der Waals surface area contributed by atoms with Gasteiger partial charge in [-0.25, -0.2) is 4.79 Å². The second-order valence-corrected chi connectivity index (χ2v) is 8.21. The van der Waals surface area contributed by atoms with E-state index in [4.69, 9.17) is 4.74 Å². The lowest BCUT2D eigenvalue weighted by atomic mass is 9.84. The minimum Gasteiger partial charge on any atom is -0.444 e. The molecule has 0 aromatic rings. The molecule has 1 aliphatic carbocycles. The average molecular weight is 339 g/mol. The number of amides is 1. The van der Waals surface area contributed by atoms with Crippen molar-refractivity contribution >= 4 is 6.09 Å². The van der Waals surface area contributed by atoms with E-state index in [0.717, 1.165) is 25.4 Å². The van der Waals surface area contributed by atoms with Crippen LogP contribution in [0.15, 0.2) is 5.18 Å². The third kappa shape index (κ3) is 6.04. The minimum absolute atomic E-state index is 0.228. The minimum atomic E-state index is -0.459. The Morgan fingerprint density at radius 2 is 1.75 bits per heavy atom. The Balaban J connectivity index is 1.83. The maximum absolute atomic E-state index is 12.1. The van der Waals surface area contributed by atoms with Crippen molar-refractivity contribution in [3.05, 3.63) is 4.91 Å². The SMILES string of the molecule is CC(C)(C)OC(=O)N1CCN(C(CN=O)CC2CCCCC2)CC1. The van der Waals surface area contributed by atoms with Crippen LogP contribution in [0.5, 0.6) is 0 Å². The molecular formula is C18H33N3O3. The van der Waals surface area contributed by atoms with Gasteiger partial charge in [0, 0.05) is 32.2 Å². The van der Waals surface area contributed by atoms with Crippen LogP contribution in [0, 0.1) is 10.8 Å². The predicted octanol–water partition coefficient (Wildman–Crippen LogP) is 3.64. The van der Waals surface area contributed by atoms with E-state index in [1.807, 2.05) is 20.8 Å². The van der Waals surface area contributed by atoms with Gasteiger partial charge in [0.25, 0.3) is 0 Å². The van der Waals surface area contributed by atoms with Crippen molar-refractivity contribution in [2.45, 2.75) is 70.9 Å². The Morgan fingerprint density at radius 3 is 2.29 bits per heavy atom. The molecule has 2 aliphatic rings. The number of rotatable bonds is 5. The first-order chi connectivity index (χ1) is 11.4. The molecule has 1 heterocycles. The topological polar surface area (TPSA) is 62.2 Å². The van der Waals surface area contributed by atoms with Gasteiger partial charge in [-0.05, 0) is 33.1 Å². The molecule has 24 heavy (non-hydrogen) atoms. The predicted molar refractivity (Wildman–Crippen MR) is 95.0 cm³/mol. The molecule has 0 aromatic heterocycles. The van der Waals surface area contributed by atoms with Crippen molar-refractivity contribution in [1.29, 1.82) is 0 Å². The maximum atomic E-state index is 12.1. The number of carbonyl (C=O) groups is 1. The van der Waals surface area contributed by atoms with Crippen molar-refractivity contribution in [2.75, 3.05) is 32.7 Å². The van der Waals surface area contributed by atoms with E-state index < -0.39 is 5.60 Å². The van der Waals surface area contributed by atoms with Gasteiger partial charge in [-0.3, -0.25) is 4.90 Å². The summed E-state index contributed by atoms with van der Waals surface area (Å²) in [6, 6.07) is 0.228. The Labute approximate surface area is 145 Å². The molecule has 1 amide bonds. The van der Waals surface area contributed by atoms with Crippen LogP contribution in [0.2, 0.25) is 0 Å². The molecule has 1 saturated carbocycles. The van der Waals surface area contributed by atoms with Crippen LogP contribution >= 0.6 is 0 Å². The normalized spacial score (nSPS) is 22.2. The second kappa shape index (κ2) is 8.79. The summed E-state index contributed by atoms with van der Waals surface area (Å²) in [7, 11) is 0. The van der Waals surface area contributed by atoms with Crippen molar-refractivity contribution < 1.29 is 9.53 Å². The molecule has 1 saturated heterocycles. The number of piperazine rings is 1. The summed E-state index contributed by atoms with van der Waals surface area (Å²) in [6.07, 6.45) is 7.39. The standard InChI is InChI=1S/C18H33N3O3/c1-18(2,3)24-17(22)21-11-9-20(10-12-21)16(14-19-23)13-15-7-5-4-6-8-15/h15-16H,4-14H2,1-3H3. The highest BCUT2D eigenvalue weighted by Gasteiger charge is 2.30. The van der Waals surface area contributed by atoms with E-state index in [0.29, 0.717) is 19.6 Å². The van der Waals surface area contributed by atoms with Gasteiger partial charge in [0.15, 0.2) is 0 Å². The third-order valence-corrected chi connectivity index (χ3v) is 5.10. The first-order valence-corrected chi connectivity index (χ1v) is 9.40. The first-order valence-electron chi connectivity index (χ1n) is 9.40. The fourth-order valence-corrected chi connectivity index (χ4v) is 3.83. The van der Waals surface area contributed by atoms with Gasteiger partial charge >= 0.3 is 6.09 Å². The van der Waals surface area contributed by atoms with Gasteiger partial charge in [-0.1, -0.05) is 37.3 Å². The Morgan fingerprint density at radius 1 is 1.12 bits per heavy atom. The largest absolute Gasteiger partial charge is 0.444 e. The van der Waals surface area contributed by atoms with Gasteiger partial charge in [0.1, 0.15) is 5.60 Å². The van der Waals surface area contributed by atoms with E-state index in [1.54, 1.807) is 4.90 Å². The van der Waals surface area contributed by atoms with Gasteiger partial charge < -0.3 is 9.64 Å². The molecule has 1 unspecified atom stereocenters. The highest BCUT2D eigenvalue weighted by atomic mass is 16.6. The summed E-state index contributed by atoms with van der Waals surface area (Å²) < 4.78 is 5.44. The van der Waals surface area contributed by atoms with Crippen LogP contribution in [-0.2, 0) is 4.74 Å². The summed E-state index contributed by atoms with van der Waals surface area (Å²) in [4.78, 5) is 27.1. The summed E-state index contributed by atoms with van der Waals surface area (Å²) >= 11 is 0. The van der Waals surface area contributed by atoms with Gasteiger partial charge in [0.05, 0.1) is 6.54 Å². The molecule has 0 bridgehead atoms. The van der Waals surface area contributed by atoms with Crippen LogP contribution in [0.1, 0.15) is 59.3 Å². The average Bonchev–Trinajstić information content (AvgIpc) is 2.54. The number of nitrogens with zero attached hydrogens (tertiary/aromatic N) is 3. The van der Waals surface area contributed by atoms with E-state index in [2.05, 4.69) is 10.1 Å². The van der Waals surface area contributed by atoms with Crippen LogP contribution in [0.4, 0.5) is 4.79 Å². The maximum Gasteiger partial charge on any atom is 0.410 e. The van der Waals surface area contributed by atoms with Gasteiger partial charge in [0.2, 0.25) is 0 Å². The lowest BCUT2D eigenvalue weighted by Gasteiger charge is -2.40. The number of hydrogen-bond acceptors (Lipinski definition) is 5. The molecule has 2 rings (SSSR count). The fourth-order valence-electron chi connectivity index (χ4n) is 3.83.